The van der Waals surface area contributed by atoms with Crippen molar-refractivity contribution in [1.82, 2.24) is 0 Å². The van der Waals surface area contributed by atoms with E-state index in [1.165, 1.54) is 12.0 Å². The second-order valence-electron chi connectivity index (χ2n) is 3.55. The molecular formula is C13H14N2O3. The van der Waals surface area contributed by atoms with Crippen LogP contribution in [0.15, 0.2) is 30.3 Å². The van der Waals surface area contributed by atoms with Crippen molar-refractivity contribution in [2.45, 2.75) is 12.8 Å². The van der Waals surface area contributed by atoms with E-state index in [1.807, 2.05) is 12.1 Å². The summed E-state index contributed by atoms with van der Waals surface area (Å²) < 4.78 is 4.47. The molecule has 0 N–H and O–H groups in total. The molecule has 5 nitrogen and oxygen atoms in total. The number of carbonyl (C=O) groups is 2. The first-order valence-electron chi connectivity index (χ1n) is 5.48. The van der Waals surface area contributed by atoms with Gasteiger partial charge in [-0.3, -0.25) is 14.5 Å². The molecule has 0 aromatic heterocycles. The molecule has 1 amide bonds. The highest BCUT2D eigenvalue weighted by atomic mass is 16.5. The van der Waals surface area contributed by atoms with Gasteiger partial charge in [0.2, 0.25) is 5.91 Å². The summed E-state index contributed by atoms with van der Waals surface area (Å²) in [6.07, 6.45) is 0.0490. The predicted octanol–water partition coefficient (Wildman–Crippen LogP) is 1.50. The summed E-state index contributed by atoms with van der Waals surface area (Å²) in [5.41, 5.74) is 0.647. The number of nitrogens with zero attached hydrogens (tertiary/aromatic N) is 2. The number of hydrogen-bond acceptors (Lipinski definition) is 4. The van der Waals surface area contributed by atoms with Gasteiger partial charge in [-0.25, -0.2) is 0 Å². The Morgan fingerprint density at radius 1 is 1.28 bits per heavy atom. The minimum Gasteiger partial charge on any atom is -0.469 e. The number of para-hydroxylation sites is 1. The maximum Gasteiger partial charge on any atom is 0.306 e. The molecule has 94 valence electrons. The van der Waals surface area contributed by atoms with Gasteiger partial charge in [-0.15, -0.1) is 0 Å². The number of rotatable bonds is 5. The average molecular weight is 246 g/mol. The van der Waals surface area contributed by atoms with Crippen molar-refractivity contribution in [1.29, 1.82) is 5.26 Å². The number of carbonyl (C=O) groups excluding carboxylic acids is 2. The molecule has 0 bridgehead atoms. The molecule has 0 aliphatic carbocycles. The van der Waals surface area contributed by atoms with Gasteiger partial charge in [0.25, 0.3) is 0 Å². The lowest BCUT2D eigenvalue weighted by atomic mass is 10.2. The SMILES string of the molecule is COC(=O)CCC(=O)N(CC#N)c1ccccc1. The van der Waals surface area contributed by atoms with Gasteiger partial charge in [0.1, 0.15) is 6.54 Å². The summed E-state index contributed by atoms with van der Waals surface area (Å²) in [7, 11) is 1.27. The van der Waals surface area contributed by atoms with Crippen LogP contribution in [0.4, 0.5) is 5.69 Å². The lowest BCUT2D eigenvalue weighted by molar-refractivity contribution is -0.141. The molecule has 0 spiro atoms. The van der Waals surface area contributed by atoms with Gasteiger partial charge in [0.05, 0.1) is 19.6 Å². The third-order valence-corrected chi connectivity index (χ3v) is 2.37. The summed E-state index contributed by atoms with van der Waals surface area (Å²) in [5.74, 6) is -0.707. The zero-order valence-electron chi connectivity index (χ0n) is 10.1. The van der Waals surface area contributed by atoms with E-state index in [-0.39, 0.29) is 25.3 Å². The molecule has 0 heterocycles. The van der Waals surface area contributed by atoms with E-state index in [9.17, 15) is 9.59 Å². The van der Waals surface area contributed by atoms with Gasteiger partial charge in [0.15, 0.2) is 0 Å². The van der Waals surface area contributed by atoms with Gasteiger partial charge in [-0.2, -0.15) is 5.26 Å². The Balaban J connectivity index is 2.71. The Hall–Kier alpha value is -2.35. The van der Waals surface area contributed by atoms with Crippen LogP contribution >= 0.6 is 0 Å². The van der Waals surface area contributed by atoms with Crippen molar-refractivity contribution < 1.29 is 14.3 Å². The number of benzene rings is 1. The van der Waals surface area contributed by atoms with Crippen LogP contribution < -0.4 is 4.90 Å². The molecule has 0 saturated carbocycles. The first kappa shape index (κ1) is 13.7. The second-order valence-corrected chi connectivity index (χ2v) is 3.55. The topological polar surface area (TPSA) is 70.4 Å². The van der Waals surface area contributed by atoms with Gasteiger partial charge >= 0.3 is 5.97 Å². The van der Waals surface area contributed by atoms with E-state index in [1.54, 1.807) is 24.3 Å². The molecule has 0 radical (unpaired) electrons. The summed E-state index contributed by atoms with van der Waals surface area (Å²) in [6, 6.07) is 10.8. The van der Waals surface area contributed by atoms with E-state index in [2.05, 4.69) is 4.74 Å². The van der Waals surface area contributed by atoms with Crippen molar-refractivity contribution in [2.75, 3.05) is 18.6 Å². The zero-order chi connectivity index (χ0) is 13.4. The summed E-state index contributed by atoms with van der Waals surface area (Å²) in [6.45, 7) is -0.0377. The number of anilines is 1. The minimum absolute atomic E-state index is 0.0180. The van der Waals surface area contributed by atoms with E-state index >= 15 is 0 Å². The average Bonchev–Trinajstić information content (AvgIpc) is 2.42. The quantitative estimate of drug-likeness (QED) is 0.583. The molecule has 1 aromatic rings. The molecular weight excluding hydrogens is 232 g/mol. The third-order valence-electron chi connectivity index (χ3n) is 2.37. The van der Waals surface area contributed by atoms with Crippen LogP contribution in [0, 0.1) is 11.3 Å². The molecule has 1 rings (SSSR count). The molecule has 0 aliphatic heterocycles. The van der Waals surface area contributed by atoms with Crippen LogP contribution in [0.3, 0.4) is 0 Å². The summed E-state index contributed by atoms with van der Waals surface area (Å²) >= 11 is 0. The fourth-order valence-corrected chi connectivity index (χ4v) is 1.45. The Morgan fingerprint density at radius 2 is 1.94 bits per heavy atom. The smallest absolute Gasteiger partial charge is 0.306 e. The molecule has 1 aromatic carbocycles. The van der Waals surface area contributed by atoms with E-state index in [0.29, 0.717) is 5.69 Å². The van der Waals surface area contributed by atoms with Crippen molar-refractivity contribution in [3.8, 4) is 6.07 Å². The normalized spacial score (nSPS) is 9.33. The van der Waals surface area contributed by atoms with Crippen LogP contribution in [0.1, 0.15) is 12.8 Å². The fraction of sp³-hybridized carbons (Fsp3) is 0.308. The third kappa shape index (κ3) is 3.91. The molecule has 0 saturated heterocycles. The van der Waals surface area contributed by atoms with Gasteiger partial charge in [0, 0.05) is 12.1 Å². The Morgan fingerprint density at radius 3 is 2.50 bits per heavy atom. The summed E-state index contributed by atoms with van der Waals surface area (Å²) in [5, 5.41) is 8.73. The van der Waals surface area contributed by atoms with Crippen LogP contribution in [0.25, 0.3) is 0 Å². The second kappa shape index (κ2) is 7.07. The molecule has 0 unspecified atom stereocenters. The van der Waals surface area contributed by atoms with Gasteiger partial charge in [-0.05, 0) is 12.1 Å². The number of amides is 1. The largest absolute Gasteiger partial charge is 0.469 e. The van der Waals surface area contributed by atoms with Crippen LogP contribution in [-0.4, -0.2) is 25.5 Å². The van der Waals surface area contributed by atoms with Crippen molar-refractivity contribution in [2.24, 2.45) is 0 Å². The standard InChI is InChI=1S/C13H14N2O3/c1-18-13(17)8-7-12(16)15(10-9-14)11-5-3-2-4-6-11/h2-6H,7-8,10H2,1H3. The Bertz CT molecular complexity index is 451. The van der Waals surface area contributed by atoms with Gasteiger partial charge < -0.3 is 4.74 Å². The molecule has 0 fully saturated rings. The number of methoxy groups -OCH3 is 1. The predicted molar refractivity (Wildman–Crippen MR) is 65.7 cm³/mol. The fourth-order valence-electron chi connectivity index (χ4n) is 1.45. The lowest BCUT2D eigenvalue weighted by Gasteiger charge is -2.19. The molecule has 5 heteroatoms. The summed E-state index contributed by atoms with van der Waals surface area (Å²) in [4.78, 5) is 24.2. The number of hydrogen-bond donors (Lipinski definition) is 0. The zero-order valence-corrected chi connectivity index (χ0v) is 10.1. The van der Waals surface area contributed by atoms with Crippen LogP contribution in [0.5, 0.6) is 0 Å². The Kier molecular flexibility index (Phi) is 5.39. The maximum absolute atomic E-state index is 11.9. The van der Waals surface area contributed by atoms with Gasteiger partial charge in [-0.1, -0.05) is 18.2 Å². The lowest BCUT2D eigenvalue weighted by Crippen LogP contribution is -2.31. The van der Waals surface area contributed by atoms with Crippen molar-refractivity contribution in [3.63, 3.8) is 0 Å². The molecule has 0 atom stereocenters. The highest BCUT2D eigenvalue weighted by Gasteiger charge is 2.16. The number of ether oxygens (including phenoxy) is 1. The first-order chi connectivity index (χ1) is 8.69. The van der Waals surface area contributed by atoms with Crippen molar-refractivity contribution in [3.05, 3.63) is 30.3 Å². The monoisotopic (exact) mass is 246 g/mol. The maximum atomic E-state index is 11.9. The number of esters is 1. The minimum atomic E-state index is -0.437. The van der Waals surface area contributed by atoms with E-state index in [4.69, 9.17) is 5.26 Å². The molecule has 0 aliphatic rings. The number of nitriles is 1. The highest BCUT2D eigenvalue weighted by Crippen LogP contribution is 2.14. The first-order valence-corrected chi connectivity index (χ1v) is 5.48. The highest BCUT2D eigenvalue weighted by molar-refractivity contribution is 5.95. The van der Waals surface area contributed by atoms with Crippen LogP contribution in [0.2, 0.25) is 0 Å². The Labute approximate surface area is 106 Å². The molecule has 18 heavy (non-hydrogen) atoms. The van der Waals surface area contributed by atoms with E-state index in [0.717, 1.165) is 0 Å². The van der Waals surface area contributed by atoms with Crippen LogP contribution in [-0.2, 0) is 14.3 Å². The van der Waals surface area contributed by atoms with E-state index < -0.39 is 5.97 Å². The van der Waals surface area contributed by atoms with Crippen molar-refractivity contribution >= 4 is 17.6 Å².